The summed E-state index contributed by atoms with van der Waals surface area (Å²) in [4.78, 5) is 16.2. The van der Waals surface area contributed by atoms with Crippen LogP contribution in [0.4, 0.5) is 13.2 Å². The average Bonchev–Trinajstić information content (AvgIpc) is 2.91. The molecule has 0 aromatic heterocycles. The Hall–Kier alpha value is -0.860. The number of piperazine rings is 1. The SMILES string of the molecule is O=C(C1CCCN1CCOCC(F)(F)F)N1CCNCC1. The zero-order chi connectivity index (χ0) is 15.3. The number of nitrogens with one attached hydrogen (secondary N) is 1. The maximum Gasteiger partial charge on any atom is 0.411 e. The van der Waals surface area contributed by atoms with E-state index >= 15 is 0 Å². The number of carbonyl (C=O) groups excluding carboxylic acids is 1. The van der Waals surface area contributed by atoms with Gasteiger partial charge < -0.3 is 15.0 Å². The van der Waals surface area contributed by atoms with E-state index in [1.165, 1.54) is 0 Å². The molecule has 1 N–H and O–H groups in total. The molecule has 2 rings (SSSR count). The number of ether oxygens (including phenoxy) is 1. The Balaban J connectivity index is 1.75. The molecule has 1 amide bonds. The number of hydrogen-bond acceptors (Lipinski definition) is 4. The predicted octanol–water partition coefficient (Wildman–Crippen LogP) is 0.462. The van der Waals surface area contributed by atoms with Crippen LogP contribution >= 0.6 is 0 Å². The molecule has 0 saturated carbocycles. The van der Waals surface area contributed by atoms with Gasteiger partial charge in [-0.15, -0.1) is 0 Å². The maximum atomic E-state index is 12.4. The summed E-state index contributed by atoms with van der Waals surface area (Å²) < 4.78 is 40.6. The van der Waals surface area contributed by atoms with E-state index in [0.717, 1.165) is 32.5 Å². The Labute approximate surface area is 122 Å². The zero-order valence-electron chi connectivity index (χ0n) is 12.0. The molecule has 2 heterocycles. The first-order valence-corrected chi connectivity index (χ1v) is 7.35. The molecule has 1 unspecified atom stereocenters. The molecular formula is C13H22F3N3O2. The molecule has 2 aliphatic heterocycles. The van der Waals surface area contributed by atoms with E-state index in [1.54, 1.807) is 0 Å². The van der Waals surface area contributed by atoms with Crippen molar-refractivity contribution in [1.29, 1.82) is 0 Å². The minimum atomic E-state index is -4.29. The molecular weight excluding hydrogens is 287 g/mol. The van der Waals surface area contributed by atoms with Crippen molar-refractivity contribution in [2.45, 2.75) is 25.1 Å². The maximum absolute atomic E-state index is 12.4. The Morgan fingerprint density at radius 2 is 1.95 bits per heavy atom. The molecule has 8 heteroatoms. The van der Waals surface area contributed by atoms with Crippen LogP contribution in [0.25, 0.3) is 0 Å². The van der Waals surface area contributed by atoms with E-state index in [0.29, 0.717) is 19.6 Å². The topological polar surface area (TPSA) is 44.8 Å². The first-order chi connectivity index (χ1) is 9.97. The number of likely N-dealkylation sites (tertiary alicyclic amines) is 1. The monoisotopic (exact) mass is 309 g/mol. The molecule has 0 aromatic carbocycles. The van der Waals surface area contributed by atoms with Crippen molar-refractivity contribution in [2.24, 2.45) is 0 Å². The largest absolute Gasteiger partial charge is 0.411 e. The predicted molar refractivity (Wildman–Crippen MR) is 70.9 cm³/mol. The fourth-order valence-corrected chi connectivity index (χ4v) is 2.84. The highest BCUT2D eigenvalue weighted by molar-refractivity contribution is 5.82. The van der Waals surface area contributed by atoms with Crippen LogP contribution in [0.1, 0.15) is 12.8 Å². The molecule has 0 bridgehead atoms. The minimum absolute atomic E-state index is 0.00481. The average molecular weight is 309 g/mol. The fraction of sp³-hybridized carbons (Fsp3) is 0.923. The smallest absolute Gasteiger partial charge is 0.371 e. The van der Waals surface area contributed by atoms with Gasteiger partial charge in [-0.25, -0.2) is 0 Å². The van der Waals surface area contributed by atoms with Crippen molar-refractivity contribution in [1.82, 2.24) is 15.1 Å². The highest BCUT2D eigenvalue weighted by Gasteiger charge is 2.34. The normalized spacial score (nSPS) is 24.5. The van der Waals surface area contributed by atoms with E-state index < -0.39 is 12.8 Å². The quantitative estimate of drug-likeness (QED) is 0.750. The van der Waals surface area contributed by atoms with Crippen LogP contribution < -0.4 is 5.32 Å². The van der Waals surface area contributed by atoms with Crippen molar-refractivity contribution in [3.8, 4) is 0 Å². The van der Waals surface area contributed by atoms with Crippen LogP contribution in [0.5, 0.6) is 0 Å². The Kier molecular flexibility index (Phi) is 5.83. The summed E-state index contributed by atoms with van der Waals surface area (Å²) in [6.45, 7) is 2.90. The third kappa shape index (κ3) is 5.12. The molecule has 21 heavy (non-hydrogen) atoms. The van der Waals surface area contributed by atoms with E-state index in [9.17, 15) is 18.0 Å². The second-order valence-electron chi connectivity index (χ2n) is 5.44. The van der Waals surface area contributed by atoms with E-state index in [2.05, 4.69) is 10.1 Å². The summed E-state index contributed by atoms with van der Waals surface area (Å²) in [5.41, 5.74) is 0. The van der Waals surface area contributed by atoms with Crippen molar-refractivity contribution in [2.75, 3.05) is 52.5 Å². The molecule has 1 atom stereocenters. The second-order valence-corrected chi connectivity index (χ2v) is 5.44. The van der Waals surface area contributed by atoms with Crippen molar-refractivity contribution < 1.29 is 22.7 Å². The van der Waals surface area contributed by atoms with Crippen LogP contribution in [0, 0.1) is 0 Å². The Morgan fingerprint density at radius 3 is 2.62 bits per heavy atom. The molecule has 0 aliphatic carbocycles. The van der Waals surface area contributed by atoms with Crippen LogP contribution in [0.15, 0.2) is 0 Å². The Morgan fingerprint density at radius 1 is 1.24 bits per heavy atom. The summed E-state index contributed by atoms with van der Waals surface area (Å²) in [6.07, 6.45) is -2.61. The molecule has 0 aromatic rings. The first-order valence-electron chi connectivity index (χ1n) is 7.35. The lowest BCUT2D eigenvalue weighted by Crippen LogP contribution is -2.52. The molecule has 0 spiro atoms. The number of carbonyl (C=O) groups is 1. The number of hydrogen-bond donors (Lipinski definition) is 1. The van der Waals surface area contributed by atoms with E-state index in [1.807, 2.05) is 9.80 Å². The summed E-state index contributed by atoms with van der Waals surface area (Å²) in [7, 11) is 0. The molecule has 5 nitrogen and oxygen atoms in total. The highest BCUT2D eigenvalue weighted by Crippen LogP contribution is 2.20. The van der Waals surface area contributed by atoms with Gasteiger partial charge in [-0.2, -0.15) is 13.2 Å². The first kappa shape index (κ1) is 16.5. The molecule has 2 fully saturated rings. The van der Waals surface area contributed by atoms with Crippen LogP contribution in [0.2, 0.25) is 0 Å². The van der Waals surface area contributed by atoms with Gasteiger partial charge in [0.2, 0.25) is 5.91 Å². The zero-order valence-corrected chi connectivity index (χ0v) is 12.0. The number of alkyl halides is 3. The summed E-state index contributed by atoms with van der Waals surface area (Å²) in [6, 6.07) is -0.197. The molecule has 122 valence electrons. The van der Waals surface area contributed by atoms with Crippen molar-refractivity contribution in [3.05, 3.63) is 0 Å². The highest BCUT2D eigenvalue weighted by atomic mass is 19.4. The fourth-order valence-electron chi connectivity index (χ4n) is 2.84. The van der Waals surface area contributed by atoms with Crippen LogP contribution in [0.3, 0.4) is 0 Å². The number of rotatable bonds is 5. The summed E-state index contributed by atoms with van der Waals surface area (Å²) >= 11 is 0. The number of halogens is 3. The van der Waals surface area contributed by atoms with E-state index in [-0.39, 0.29) is 18.6 Å². The number of amides is 1. The van der Waals surface area contributed by atoms with Gasteiger partial charge in [0.1, 0.15) is 6.61 Å². The van der Waals surface area contributed by atoms with Gasteiger partial charge in [0.15, 0.2) is 0 Å². The van der Waals surface area contributed by atoms with Crippen LogP contribution in [-0.2, 0) is 9.53 Å². The lowest BCUT2D eigenvalue weighted by molar-refractivity contribution is -0.175. The van der Waals surface area contributed by atoms with Gasteiger partial charge in [0, 0.05) is 32.7 Å². The third-order valence-corrected chi connectivity index (χ3v) is 3.87. The van der Waals surface area contributed by atoms with Crippen LogP contribution in [-0.4, -0.2) is 80.4 Å². The standard InChI is InChI=1S/C13H22F3N3O2/c14-13(15,16)10-21-9-8-18-5-1-2-11(18)12(20)19-6-3-17-4-7-19/h11,17H,1-10H2. The Bertz CT molecular complexity index is 346. The molecule has 2 saturated heterocycles. The number of nitrogens with zero attached hydrogens (tertiary/aromatic N) is 2. The second kappa shape index (κ2) is 7.42. The molecule has 2 aliphatic rings. The van der Waals surface area contributed by atoms with Crippen molar-refractivity contribution >= 4 is 5.91 Å². The lowest BCUT2D eigenvalue weighted by Gasteiger charge is -2.32. The van der Waals surface area contributed by atoms with Crippen molar-refractivity contribution in [3.63, 3.8) is 0 Å². The minimum Gasteiger partial charge on any atom is -0.371 e. The summed E-state index contributed by atoms with van der Waals surface area (Å²) in [5.74, 6) is 0.102. The summed E-state index contributed by atoms with van der Waals surface area (Å²) in [5, 5.41) is 3.19. The van der Waals surface area contributed by atoms with Gasteiger partial charge in [0.05, 0.1) is 12.6 Å². The lowest BCUT2D eigenvalue weighted by atomic mass is 10.1. The van der Waals surface area contributed by atoms with E-state index in [4.69, 9.17) is 0 Å². The van der Waals surface area contributed by atoms with Gasteiger partial charge in [-0.1, -0.05) is 0 Å². The third-order valence-electron chi connectivity index (χ3n) is 3.87. The van der Waals surface area contributed by atoms with Gasteiger partial charge in [-0.3, -0.25) is 9.69 Å². The van der Waals surface area contributed by atoms with Gasteiger partial charge >= 0.3 is 6.18 Å². The molecule has 0 radical (unpaired) electrons. The van der Waals surface area contributed by atoms with Gasteiger partial charge in [-0.05, 0) is 19.4 Å². The van der Waals surface area contributed by atoms with Gasteiger partial charge in [0.25, 0.3) is 0 Å².